The van der Waals surface area contributed by atoms with Gasteiger partial charge in [0.25, 0.3) is 0 Å². The van der Waals surface area contributed by atoms with Gasteiger partial charge in [0.05, 0.1) is 32.0 Å². The standard InChI is InChI=1S/C27H45NO6/c1-32-22-23-33-21-19-28-26(29)14-12-10-8-6-4-2-3-5-7-9-11-13-20-34-25-17-15-24(16-18-25)27(30)31/h15-18H,2-14,19-23H2,1H3,(H,28,29)(H,30,31). The number of hydrogen-bond acceptors (Lipinski definition) is 5. The molecule has 1 amide bonds. The highest BCUT2D eigenvalue weighted by Gasteiger charge is 2.02. The van der Waals surface area contributed by atoms with Crippen molar-refractivity contribution in [2.24, 2.45) is 0 Å². The van der Waals surface area contributed by atoms with E-state index >= 15 is 0 Å². The number of hydrogen-bond donors (Lipinski definition) is 2. The first kappa shape index (κ1) is 29.9. The Morgan fingerprint density at radius 3 is 1.85 bits per heavy atom. The lowest BCUT2D eigenvalue weighted by Gasteiger charge is -2.07. The Bertz CT molecular complexity index is 635. The molecular formula is C27H45NO6. The summed E-state index contributed by atoms with van der Waals surface area (Å²) in [6.45, 7) is 2.94. The summed E-state index contributed by atoms with van der Waals surface area (Å²) in [6, 6.07) is 6.57. The minimum Gasteiger partial charge on any atom is -0.494 e. The number of nitrogens with one attached hydrogen (secondary N) is 1. The van der Waals surface area contributed by atoms with Crippen LogP contribution in [0.5, 0.6) is 5.75 Å². The topological polar surface area (TPSA) is 94.1 Å². The number of carboxylic acid groups (broad SMARTS) is 1. The van der Waals surface area contributed by atoms with E-state index in [4.69, 9.17) is 19.3 Å². The van der Waals surface area contributed by atoms with E-state index < -0.39 is 5.97 Å². The summed E-state index contributed by atoms with van der Waals surface area (Å²) in [5, 5.41) is 11.8. The number of rotatable bonds is 23. The van der Waals surface area contributed by atoms with Crippen molar-refractivity contribution < 1.29 is 28.9 Å². The van der Waals surface area contributed by atoms with Gasteiger partial charge in [-0.25, -0.2) is 4.79 Å². The fraction of sp³-hybridized carbons (Fsp3) is 0.704. The van der Waals surface area contributed by atoms with Gasteiger partial charge >= 0.3 is 5.97 Å². The Morgan fingerprint density at radius 2 is 1.29 bits per heavy atom. The molecule has 194 valence electrons. The largest absolute Gasteiger partial charge is 0.494 e. The van der Waals surface area contributed by atoms with E-state index in [2.05, 4.69) is 5.32 Å². The van der Waals surface area contributed by atoms with Crippen LogP contribution in [0.3, 0.4) is 0 Å². The molecule has 0 radical (unpaired) electrons. The van der Waals surface area contributed by atoms with Gasteiger partial charge in [0.1, 0.15) is 5.75 Å². The molecule has 1 aromatic rings. The molecule has 0 fully saturated rings. The highest BCUT2D eigenvalue weighted by atomic mass is 16.5. The second kappa shape index (κ2) is 21.4. The molecule has 1 aromatic carbocycles. The van der Waals surface area contributed by atoms with Gasteiger partial charge in [-0.05, 0) is 37.1 Å². The van der Waals surface area contributed by atoms with Crippen molar-refractivity contribution in [3.05, 3.63) is 29.8 Å². The van der Waals surface area contributed by atoms with Crippen LogP contribution in [0.1, 0.15) is 93.8 Å². The molecule has 0 saturated heterocycles. The number of carboxylic acids is 1. The summed E-state index contributed by atoms with van der Waals surface area (Å²) in [7, 11) is 1.64. The maximum absolute atomic E-state index is 11.7. The molecule has 0 spiro atoms. The zero-order chi connectivity index (χ0) is 24.7. The lowest BCUT2D eigenvalue weighted by molar-refractivity contribution is -0.121. The van der Waals surface area contributed by atoms with E-state index in [0.717, 1.165) is 25.0 Å². The molecule has 0 saturated carbocycles. The third-order valence-electron chi connectivity index (χ3n) is 5.67. The van der Waals surface area contributed by atoms with Crippen LogP contribution in [0.25, 0.3) is 0 Å². The summed E-state index contributed by atoms with van der Waals surface area (Å²) in [5.74, 6) is -0.0655. The first-order valence-electron chi connectivity index (χ1n) is 12.9. The van der Waals surface area contributed by atoms with Gasteiger partial charge in [-0.1, -0.05) is 64.2 Å². The molecule has 7 heteroatoms. The third kappa shape index (κ3) is 17.4. The van der Waals surface area contributed by atoms with E-state index in [1.165, 1.54) is 57.8 Å². The molecule has 7 nitrogen and oxygen atoms in total. The van der Waals surface area contributed by atoms with Crippen LogP contribution in [0.15, 0.2) is 24.3 Å². The van der Waals surface area contributed by atoms with Gasteiger partial charge in [0.2, 0.25) is 5.91 Å². The summed E-state index contributed by atoms with van der Waals surface area (Å²) in [4.78, 5) is 22.6. The zero-order valence-corrected chi connectivity index (χ0v) is 21.0. The number of carbonyl (C=O) groups is 2. The fourth-order valence-corrected chi connectivity index (χ4v) is 3.63. The van der Waals surface area contributed by atoms with Crippen molar-refractivity contribution >= 4 is 11.9 Å². The van der Waals surface area contributed by atoms with E-state index in [0.29, 0.717) is 39.4 Å². The number of benzene rings is 1. The van der Waals surface area contributed by atoms with Crippen molar-refractivity contribution in [1.29, 1.82) is 0 Å². The number of amides is 1. The molecule has 0 aliphatic carbocycles. The second-order valence-electron chi connectivity index (χ2n) is 8.63. The van der Waals surface area contributed by atoms with E-state index in [-0.39, 0.29) is 11.5 Å². The average molecular weight is 480 g/mol. The van der Waals surface area contributed by atoms with Crippen LogP contribution < -0.4 is 10.1 Å². The van der Waals surface area contributed by atoms with E-state index in [9.17, 15) is 9.59 Å². The third-order valence-corrected chi connectivity index (χ3v) is 5.67. The number of ether oxygens (including phenoxy) is 3. The first-order valence-corrected chi connectivity index (χ1v) is 12.9. The molecule has 0 aliphatic heterocycles. The lowest BCUT2D eigenvalue weighted by atomic mass is 10.0. The van der Waals surface area contributed by atoms with Gasteiger partial charge in [-0.15, -0.1) is 0 Å². The molecule has 0 atom stereocenters. The zero-order valence-electron chi connectivity index (χ0n) is 21.0. The predicted octanol–water partition coefficient (Wildman–Crippen LogP) is 5.61. The highest BCUT2D eigenvalue weighted by Crippen LogP contribution is 2.15. The van der Waals surface area contributed by atoms with Crippen molar-refractivity contribution in [3.63, 3.8) is 0 Å². The number of carbonyl (C=O) groups excluding carboxylic acids is 1. The highest BCUT2D eigenvalue weighted by molar-refractivity contribution is 5.87. The van der Waals surface area contributed by atoms with Gasteiger partial charge in [0.15, 0.2) is 0 Å². The smallest absolute Gasteiger partial charge is 0.335 e. The predicted molar refractivity (Wildman–Crippen MR) is 135 cm³/mol. The van der Waals surface area contributed by atoms with Crippen LogP contribution in [0.4, 0.5) is 0 Å². The molecule has 1 rings (SSSR count). The summed E-state index contributed by atoms with van der Waals surface area (Å²) < 4.78 is 15.9. The van der Waals surface area contributed by atoms with Crippen LogP contribution in [-0.2, 0) is 14.3 Å². The Morgan fingerprint density at radius 1 is 0.735 bits per heavy atom. The van der Waals surface area contributed by atoms with Crippen LogP contribution in [-0.4, -0.2) is 57.1 Å². The van der Waals surface area contributed by atoms with Crippen molar-refractivity contribution in [1.82, 2.24) is 5.32 Å². The molecule has 0 aromatic heterocycles. The maximum atomic E-state index is 11.7. The molecule has 0 bridgehead atoms. The monoisotopic (exact) mass is 479 g/mol. The minimum atomic E-state index is -0.917. The first-order chi connectivity index (χ1) is 16.6. The lowest BCUT2D eigenvalue weighted by Crippen LogP contribution is -2.27. The van der Waals surface area contributed by atoms with Crippen molar-refractivity contribution in [2.75, 3.05) is 40.1 Å². The van der Waals surface area contributed by atoms with E-state index in [1.807, 2.05) is 0 Å². The van der Waals surface area contributed by atoms with Gasteiger partial charge in [-0.2, -0.15) is 0 Å². The normalized spacial score (nSPS) is 10.9. The fourth-order valence-electron chi connectivity index (χ4n) is 3.63. The van der Waals surface area contributed by atoms with Crippen molar-refractivity contribution in [3.8, 4) is 5.75 Å². The Labute approximate surface area is 205 Å². The summed E-state index contributed by atoms with van der Waals surface area (Å²) in [5.41, 5.74) is 0.281. The van der Waals surface area contributed by atoms with Crippen LogP contribution >= 0.6 is 0 Å². The molecule has 0 unspecified atom stereocenters. The maximum Gasteiger partial charge on any atom is 0.335 e. The number of unbranched alkanes of at least 4 members (excludes halogenated alkanes) is 11. The Kier molecular flexibility index (Phi) is 18.8. The van der Waals surface area contributed by atoms with Gasteiger partial charge in [-0.3, -0.25) is 4.79 Å². The van der Waals surface area contributed by atoms with Gasteiger partial charge < -0.3 is 24.6 Å². The molecule has 0 heterocycles. The van der Waals surface area contributed by atoms with Crippen LogP contribution in [0.2, 0.25) is 0 Å². The minimum absolute atomic E-state index is 0.122. The Balaban J connectivity index is 1.77. The van der Waals surface area contributed by atoms with E-state index in [1.54, 1.807) is 31.4 Å². The number of methoxy groups -OCH3 is 1. The molecular weight excluding hydrogens is 434 g/mol. The molecule has 0 aliphatic rings. The summed E-state index contributed by atoms with van der Waals surface area (Å²) in [6.07, 6.45) is 15.1. The average Bonchev–Trinajstić information content (AvgIpc) is 2.84. The summed E-state index contributed by atoms with van der Waals surface area (Å²) >= 11 is 0. The second-order valence-corrected chi connectivity index (χ2v) is 8.63. The quantitative estimate of drug-likeness (QED) is 0.198. The number of aromatic carboxylic acids is 1. The SMILES string of the molecule is COCCOCCNC(=O)CCCCCCCCCCCCCCOc1ccc(C(=O)O)cc1. The van der Waals surface area contributed by atoms with Crippen molar-refractivity contribution in [2.45, 2.75) is 83.5 Å². The molecule has 34 heavy (non-hydrogen) atoms. The van der Waals surface area contributed by atoms with Crippen LogP contribution in [0, 0.1) is 0 Å². The Hall–Kier alpha value is -2.12. The molecule has 2 N–H and O–H groups in total. The van der Waals surface area contributed by atoms with Gasteiger partial charge in [0, 0.05) is 20.1 Å².